The second-order valence-electron chi connectivity index (χ2n) is 6.90. The quantitative estimate of drug-likeness (QED) is 0.728. The van der Waals surface area contributed by atoms with Crippen molar-refractivity contribution in [2.75, 3.05) is 26.2 Å². The molecule has 0 bridgehead atoms. The summed E-state index contributed by atoms with van der Waals surface area (Å²) >= 11 is 0. The van der Waals surface area contributed by atoms with Crippen LogP contribution in [0, 0.1) is 0 Å². The molecule has 0 N–H and O–H groups in total. The average molecular weight is 345 g/mol. The molecule has 132 valence electrons. The summed E-state index contributed by atoms with van der Waals surface area (Å²) in [6.07, 6.45) is 1.94. The van der Waals surface area contributed by atoms with Gasteiger partial charge in [-0.15, -0.1) is 0 Å². The molecule has 1 aromatic heterocycles. The minimum absolute atomic E-state index is 0.179. The number of amides is 1. The van der Waals surface area contributed by atoms with E-state index >= 15 is 0 Å². The molecule has 0 atom stereocenters. The average Bonchev–Trinajstić information content (AvgIpc) is 2.68. The van der Waals surface area contributed by atoms with Crippen LogP contribution in [0.5, 0.6) is 0 Å². The van der Waals surface area contributed by atoms with Crippen LogP contribution in [0.3, 0.4) is 0 Å². The second-order valence-corrected chi connectivity index (χ2v) is 6.90. The molecule has 1 aliphatic heterocycles. The van der Waals surface area contributed by atoms with Gasteiger partial charge in [-0.25, -0.2) is 0 Å². The van der Waals surface area contributed by atoms with Crippen LogP contribution >= 0.6 is 0 Å². The topological polar surface area (TPSA) is 36.4 Å². The number of piperazine rings is 1. The van der Waals surface area contributed by atoms with Gasteiger partial charge in [0.1, 0.15) is 0 Å². The Hall–Kier alpha value is -2.72. The van der Waals surface area contributed by atoms with Gasteiger partial charge in [0.05, 0.1) is 5.52 Å². The zero-order chi connectivity index (χ0) is 17.9. The Balaban J connectivity index is 1.44. The number of hydrogen-bond acceptors (Lipinski definition) is 3. The van der Waals surface area contributed by atoms with Crippen LogP contribution in [0.1, 0.15) is 12.5 Å². The molecule has 1 fully saturated rings. The molecular weight excluding hydrogens is 322 g/mol. The van der Waals surface area contributed by atoms with E-state index in [9.17, 15) is 4.79 Å². The minimum atomic E-state index is 0.179. The van der Waals surface area contributed by atoms with Gasteiger partial charge in [-0.3, -0.25) is 14.7 Å². The van der Waals surface area contributed by atoms with Crippen molar-refractivity contribution < 1.29 is 4.79 Å². The van der Waals surface area contributed by atoms with Gasteiger partial charge < -0.3 is 4.90 Å². The lowest BCUT2D eigenvalue weighted by Crippen LogP contribution is -2.47. The normalized spacial score (nSPS) is 15.3. The predicted octanol–water partition coefficient (Wildman–Crippen LogP) is 3.57. The maximum Gasteiger partial charge on any atom is 0.219 e. The summed E-state index contributed by atoms with van der Waals surface area (Å²) in [5.74, 6) is 0.179. The summed E-state index contributed by atoms with van der Waals surface area (Å²) in [7, 11) is 0. The van der Waals surface area contributed by atoms with E-state index in [1.807, 2.05) is 29.3 Å². The summed E-state index contributed by atoms with van der Waals surface area (Å²) < 4.78 is 0. The van der Waals surface area contributed by atoms with E-state index in [0.29, 0.717) is 0 Å². The van der Waals surface area contributed by atoms with Crippen molar-refractivity contribution in [2.24, 2.45) is 0 Å². The molecule has 0 spiro atoms. The van der Waals surface area contributed by atoms with Crippen molar-refractivity contribution in [1.29, 1.82) is 0 Å². The number of rotatable bonds is 3. The van der Waals surface area contributed by atoms with E-state index in [2.05, 4.69) is 46.3 Å². The SMILES string of the molecule is CC(=O)N1CCN(Cc2ccc(-c3cnc4ccccc4c3)cc2)CC1. The van der Waals surface area contributed by atoms with Crippen LogP contribution in [-0.2, 0) is 11.3 Å². The highest BCUT2D eigenvalue weighted by Crippen LogP contribution is 2.23. The number of nitrogens with zero attached hydrogens (tertiary/aromatic N) is 3. The molecule has 4 heteroatoms. The van der Waals surface area contributed by atoms with Crippen molar-refractivity contribution in [3.8, 4) is 11.1 Å². The molecule has 4 nitrogen and oxygen atoms in total. The Labute approximate surface area is 154 Å². The Morgan fingerprint density at radius 2 is 1.69 bits per heavy atom. The van der Waals surface area contributed by atoms with Gasteiger partial charge in [0.25, 0.3) is 0 Å². The Morgan fingerprint density at radius 3 is 2.42 bits per heavy atom. The number of benzene rings is 2. The molecule has 0 radical (unpaired) electrons. The lowest BCUT2D eigenvalue weighted by Gasteiger charge is -2.34. The highest BCUT2D eigenvalue weighted by atomic mass is 16.2. The number of fused-ring (bicyclic) bond motifs is 1. The first-order valence-electron chi connectivity index (χ1n) is 9.11. The molecule has 0 saturated carbocycles. The van der Waals surface area contributed by atoms with E-state index in [4.69, 9.17) is 0 Å². The molecule has 0 aliphatic carbocycles. The fourth-order valence-electron chi connectivity index (χ4n) is 3.51. The standard InChI is InChI=1S/C22H23N3O/c1-17(26)25-12-10-24(11-13-25)16-18-6-8-19(9-7-18)21-14-20-4-2-3-5-22(20)23-15-21/h2-9,14-15H,10-13,16H2,1H3. The Kier molecular flexibility index (Phi) is 4.67. The predicted molar refractivity (Wildman–Crippen MR) is 105 cm³/mol. The van der Waals surface area contributed by atoms with Gasteiger partial charge in [0.2, 0.25) is 5.91 Å². The number of hydrogen-bond donors (Lipinski definition) is 0. The maximum absolute atomic E-state index is 11.4. The first-order valence-corrected chi connectivity index (χ1v) is 9.11. The number of aromatic nitrogens is 1. The van der Waals surface area contributed by atoms with Crippen molar-refractivity contribution >= 4 is 16.8 Å². The first kappa shape index (κ1) is 16.7. The summed E-state index contributed by atoms with van der Waals surface area (Å²) in [5.41, 5.74) is 4.66. The van der Waals surface area contributed by atoms with E-state index in [0.717, 1.165) is 49.2 Å². The highest BCUT2D eigenvalue weighted by molar-refractivity contribution is 5.83. The van der Waals surface area contributed by atoms with Gasteiger partial charge in [0, 0.05) is 56.8 Å². The minimum Gasteiger partial charge on any atom is -0.340 e. The molecule has 2 aromatic carbocycles. The van der Waals surface area contributed by atoms with E-state index in [1.165, 1.54) is 11.1 Å². The number of carbonyl (C=O) groups is 1. The van der Waals surface area contributed by atoms with E-state index < -0.39 is 0 Å². The first-order chi connectivity index (χ1) is 12.7. The third-order valence-electron chi connectivity index (χ3n) is 5.10. The molecule has 4 rings (SSSR count). The molecule has 1 aliphatic rings. The van der Waals surface area contributed by atoms with Crippen molar-refractivity contribution in [2.45, 2.75) is 13.5 Å². The molecule has 1 saturated heterocycles. The maximum atomic E-state index is 11.4. The van der Waals surface area contributed by atoms with Crippen molar-refractivity contribution in [3.63, 3.8) is 0 Å². The molecule has 0 unspecified atom stereocenters. The third-order valence-corrected chi connectivity index (χ3v) is 5.10. The van der Waals surface area contributed by atoms with Crippen LogP contribution in [0.4, 0.5) is 0 Å². The largest absolute Gasteiger partial charge is 0.340 e. The number of carbonyl (C=O) groups excluding carboxylic acids is 1. The second kappa shape index (κ2) is 7.26. The van der Waals surface area contributed by atoms with Crippen LogP contribution in [-0.4, -0.2) is 46.9 Å². The van der Waals surface area contributed by atoms with Crippen LogP contribution < -0.4 is 0 Å². The number of pyridine rings is 1. The molecule has 3 aromatic rings. The zero-order valence-electron chi connectivity index (χ0n) is 15.1. The molecular formula is C22H23N3O. The summed E-state index contributed by atoms with van der Waals surface area (Å²) in [6, 6.07) is 19.1. The smallest absolute Gasteiger partial charge is 0.219 e. The Morgan fingerprint density at radius 1 is 0.962 bits per heavy atom. The fourth-order valence-corrected chi connectivity index (χ4v) is 3.51. The number of para-hydroxylation sites is 1. The summed E-state index contributed by atoms with van der Waals surface area (Å²) in [6.45, 7) is 6.12. The van der Waals surface area contributed by atoms with Gasteiger partial charge in [-0.2, -0.15) is 0 Å². The summed E-state index contributed by atoms with van der Waals surface area (Å²) in [4.78, 5) is 20.3. The van der Waals surface area contributed by atoms with Crippen LogP contribution in [0.25, 0.3) is 22.0 Å². The fraction of sp³-hybridized carbons (Fsp3) is 0.273. The molecule has 26 heavy (non-hydrogen) atoms. The van der Waals surface area contributed by atoms with Gasteiger partial charge in [0.15, 0.2) is 0 Å². The van der Waals surface area contributed by atoms with Crippen LogP contribution in [0.15, 0.2) is 60.8 Å². The van der Waals surface area contributed by atoms with E-state index in [1.54, 1.807) is 6.92 Å². The highest BCUT2D eigenvalue weighted by Gasteiger charge is 2.18. The lowest BCUT2D eigenvalue weighted by molar-refractivity contribution is -0.130. The molecule has 2 heterocycles. The van der Waals surface area contributed by atoms with Crippen molar-refractivity contribution in [1.82, 2.24) is 14.8 Å². The third kappa shape index (κ3) is 3.60. The zero-order valence-corrected chi connectivity index (χ0v) is 15.1. The van der Waals surface area contributed by atoms with E-state index in [-0.39, 0.29) is 5.91 Å². The monoisotopic (exact) mass is 345 g/mol. The summed E-state index contributed by atoms with van der Waals surface area (Å²) in [5, 5.41) is 1.16. The lowest BCUT2D eigenvalue weighted by atomic mass is 10.0. The van der Waals surface area contributed by atoms with Gasteiger partial charge in [-0.1, -0.05) is 42.5 Å². The molecule has 1 amide bonds. The van der Waals surface area contributed by atoms with Gasteiger partial charge in [-0.05, 0) is 23.3 Å². The van der Waals surface area contributed by atoms with Gasteiger partial charge >= 0.3 is 0 Å². The Bertz CT molecular complexity index is 912. The van der Waals surface area contributed by atoms with Crippen LogP contribution in [0.2, 0.25) is 0 Å². The van der Waals surface area contributed by atoms with Crippen molar-refractivity contribution in [3.05, 3.63) is 66.4 Å².